The molecule has 0 fully saturated rings. The van der Waals surface area contributed by atoms with Gasteiger partial charge in [-0.15, -0.1) is 10.2 Å². The maximum atomic E-state index is 5.36. The number of aromatic nitrogens is 2. The summed E-state index contributed by atoms with van der Waals surface area (Å²) in [4.78, 5) is 0. The van der Waals surface area contributed by atoms with Crippen molar-refractivity contribution in [2.24, 2.45) is 0 Å². The van der Waals surface area contributed by atoms with Gasteiger partial charge in [-0.25, -0.2) is 0 Å². The van der Waals surface area contributed by atoms with Crippen molar-refractivity contribution in [3.05, 3.63) is 29.7 Å². The average molecular weight is 204 g/mol. The molecule has 0 atom stereocenters. The Hall–Kier alpha value is -1.84. The van der Waals surface area contributed by atoms with Crippen LogP contribution in [0.3, 0.4) is 0 Å². The third-order valence-corrected chi connectivity index (χ3v) is 2.17. The van der Waals surface area contributed by atoms with Gasteiger partial charge in [0.05, 0.1) is 12.7 Å². The Bertz CT molecular complexity index is 477. The van der Waals surface area contributed by atoms with E-state index in [1.54, 1.807) is 14.0 Å². The summed E-state index contributed by atoms with van der Waals surface area (Å²) in [6.07, 6.45) is 0. The van der Waals surface area contributed by atoms with Crippen LogP contribution in [0.2, 0.25) is 0 Å². The van der Waals surface area contributed by atoms with Gasteiger partial charge in [0, 0.05) is 6.92 Å². The van der Waals surface area contributed by atoms with Gasteiger partial charge < -0.3 is 9.15 Å². The van der Waals surface area contributed by atoms with E-state index < -0.39 is 0 Å². The van der Waals surface area contributed by atoms with Crippen molar-refractivity contribution in [2.45, 2.75) is 13.8 Å². The van der Waals surface area contributed by atoms with E-state index in [9.17, 15) is 0 Å². The fourth-order valence-electron chi connectivity index (χ4n) is 1.50. The lowest BCUT2D eigenvalue weighted by atomic mass is 10.1. The molecule has 4 nitrogen and oxygen atoms in total. The molecular weight excluding hydrogens is 192 g/mol. The number of rotatable bonds is 2. The quantitative estimate of drug-likeness (QED) is 0.753. The summed E-state index contributed by atoms with van der Waals surface area (Å²) in [6, 6.07) is 5.82. The van der Waals surface area contributed by atoms with Crippen LogP contribution in [0.1, 0.15) is 11.5 Å². The van der Waals surface area contributed by atoms with Gasteiger partial charge in [0.1, 0.15) is 5.75 Å². The number of nitrogens with zero attached hydrogens (tertiary/aromatic N) is 2. The monoisotopic (exact) mass is 204 g/mol. The van der Waals surface area contributed by atoms with Crippen molar-refractivity contribution >= 4 is 0 Å². The standard InChI is InChI=1S/C11H12N2O2/c1-7-5-4-6-9(10(7)14-3)11-13-12-8(2)15-11/h4-6H,1-3H3. The molecule has 78 valence electrons. The van der Waals surface area contributed by atoms with Crippen LogP contribution in [-0.4, -0.2) is 17.3 Å². The number of ether oxygens (including phenoxy) is 1. The molecule has 1 aromatic carbocycles. The lowest BCUT2D eigenvalue weighted by Crippen LogP contribution is -1.91. The predicted molar refractivity (Wildman–Crippen MR) is 55.8 cm³/mol. The fraction of sp³-hybridized carbons (Fsp3) is 0.273. The van der Waals surface area contributed by atoms with Gasteiger partial charge in [-0.1, -0.05) is 12.1 Å². The van der Waals surface area contributed by atoms with Gasteiger partial charge in [0.15, 0.2) is 0 Å². The largest absolute Gasteiger partial charge is 0.496 e. The minimum atomic E-state index is 0.494. The molecule has 0 aliphatic heterocycles. The Morgan fingerprint density at radius 3 is 2.60 bits per heavy atom. The Morgan fingerprint density at radius 2 is 2.00 bits per heavy atom. The number of methoxy groups -OCH3 is 1. The second kappa shape index (κ2) is 3.73. The molecule has 0 unspecified atom stereocenters. The SMILES string of the molecule is COc1c(C)cccc1-c1nnc(C)o1. The minimum absolute atomic E-state index is 0.494. The number of benzene rings is 1. The molecule has 15 heavy (non-hydrogen) atoms. The highest BCUT2D eigenvalue weighted by molar-refractivity contribution is 5.64. The summed E-state index contributed by atoms with van der Waals surface area (Å²) >= 11 is 0. The summed E-state index contributed by atoms with van der Waals surface area (Å²) in [7, 11) is 1.63. The van der Waals surface area contributed by atoms with Gasteiger partial charge in [0.25, 0.3) is 5.89 Å². The molecule has 0 bridgehead atoms. The average Bonchev–Trinajstić information content (AvgIpc) is 2.64. The molecule has 0 spiro atoms. The maximum Gasteiger partial charge on any atom is 0.251 e. The molecular formula is C11H12N2O2. The predicted octanol–water partition coefficient (Wildman–Crippen LogP) is 2.36. The lowest BCUT2D eigenvalue weighted by Gasteiger charge is -2.07. The Morgan fingerprint density at radius 1 is 1.20 bits per heavy atom. The molecule has 0 aliphatic carbocycles. The molecule has 0 aliphatic rings. The molecule has 2 rings (SSSR count). The molecule has 0 saturated carbocycles. The second-order valence-corrected chi connectivity index (χ2v) is 3.28. The second-order valence-electron chi connectivity index (χ2n) is 3.28. The van der Waals surface area contributed by atoms with Gasteiger partial charge in [-0.05, 0) is 18.6 Å². The Balaban J connectivity index is 2.57. The third-order valence-electron chi connectivity index (χ3n) is 2.17. The van der Waals surface area contributed by atoms with Crippen LogP contribution < -0.4 is 4.74 Å². The van der Waals surface area contributed by atoms with Crippen LogP contribution in [-0.2, 0) is 0 Å². The first-order chi connectivity index (χ1) is 7.22. The third kappa shape index (κ3) is 1.70. The molecule has 2 aromatic rings. The molecule has 0 N–H and O–H groups in total. The number of para-hydroxylation sites is 1. The summed E-state index contributed by atoms with van der Waals surface area (Å²) < 4.78 is 10.7. The molecule has 1 aromatic heterocycles. The van der Waals surface area contributed by atoms with Crippen LogP contribution in [0.25, 0.3) is 11.5 Å². The Labute approximate surface area is 87.9 Å². The number of aryl methyl sites for hydroxylation is 2. The first kappa shape index (κ1) is 9.71. The van der Waals surface area contributed by atoms with Crippen molar-refractivity contribution in [3.63, 3.8) is 0 Å². The molecule has 0 radical (unpaired) electrons. The van der Waals surface area contributed by atoms with E-state index in [1.165, 1.54) is 0 Å². The van der Waals surface area contributed by atoms with Gasteiger partial charge in [-0.2, -0.15) is 0 Å². The fourth-order valence-corrected chi connectivity index (χ4v) is 1.50. The van der Waals surface area contributed by atoms with Gasteiger partial charge in [0.2, 0.25) is 5.89 Å². The normalized spacial score (nSPS) is 10.3. The van der Waals surface area contributed by atoms with E-state index in [2.05, 4.69) is 10.2 Å². The van der Waals surface area contributed by atoms with Crippen LogP contribution in [0, 0.1) is 13.8 Å². The number of hydrogen-bond acceptors (Lipinski definition) is 4. The van der Waals surface area contributed by atoms with E-state index in [0.29, 0.717) is 11.8 Å². The first-order valence-corrected chi connectivity index (χ1v) is 4.66. The van der Waals surface area contributed by atoms with Crippen molar-refractivity contribution < 1.29 is 9.15 Å². The van der Waals surface area contributed by atoms with Crippen LogP contribution in [0.15, 0.2) is 22.6 Å². The molecule has 0 saturated heterocycles. The molecule has 4 heteroatoms. The van der Waals surface area contributed by atoms with Crippen molar-refractivity contribution in [1.82, 2.24) is 10.2 Å². The van der Waals surface area contributed by atoms with E-state index in [4.69, 9.17) is 9.15 Å². The Kier molecular flexibility index (Phi) is 2.41. The molecule has 1 heterocycles. The zero-order chi connectivity index (χ0) is 10.8. The maximum absolute atomic E-state index is 5.36. The zero-order valence-electron chi connectivity index (χ0n) is 8.94. The summed E-state index contributed by atoms with van der Waals surface area (Å²) in [5, 5.41) is 7.76. The highest BCUT2D eigenvalue weighted by atomic mass is 16.5. The van der Waals surface area contributed by atoms with E-state index in [0.717, 1.165) is 16.9 Å². The van der Waals surface area contributed by atoms with Crippen LogP contribution in [0.5, 0.6) is 5.75 Å². The summed E-state index contributed by atoms with van der Waals surface area (Å²) in [5.41, 5.74) is 1.88. The van der Waals surface area contributed by atoms with Crippen molar-refractivity contribution in [3.8, 4) is 17.2 Å². The minimum Gasteiger partial charge on any atom is -0.496 e. The summed E-state index contributed by atoms with van der Waals surface area (Å²) in [6.45, 7) is 3.74. The van der Waals surface area contributed by atoms with Crippen LogP contribution in [0.4, 0.5) is 0 Å². The zero-order valence-corrected chi connectivity index (χ0v) is 8.94. The van der Waals surface area contributed by atoms with Gasteiger partial charge >= 0.3 is 0 Å². The summed E-state index contributed by atoms with van der Waals surface area (Å²) in [5.74, 6) is 1.82. The van der Waals surface area contributed by atoms with E-state index in [1.807, 2.05) is 25.1 Å². The topological polar surface area (TPSA) is 48.2 Å². The van der Waals surface area contributed by atoms with E-state index in [-0.39, 0.29) is 0 Å². The van der Waals surface area contributed by atoms with Crippen molar-refractivity contribution in [2.75, 3.05) is 7.11 Å². The smallest absolute Gasteiger partial charge is 0.251 e. The first-order valence-electron chi connectivity index (χ1n) is 4.66. The van der Waals surface area contributed by atoms with Crippen molar-refractivity contribution in [1.29, 1.82) is 0 Å². The van der Waals surface area contributed by atoms with E-state index >= 15 is 0 Å². The van der Waals surface area contributed by atoms with Crippen LogP contribution >= 0.6 is 0 Å². The lowest BCUT2D eigenvalue weighted by molar-refractivity contribution is 0.411. The number of hydrogen-bond donors (Lipinski definition) is 0. The van der Waals surface area contributed by atoms with Gasteiger partial charge in [-0.3, -0.25) is 0 Å². The highest BCUT2D eigenvalue weighted by Crippen LogP contribution is 2.31. The molecule has 0 amide bonds. The highest BCUT2D eigenvalue weighted by Gasteiger charge is 2.13.